The van der Waals surface area contributed by atoms with Crippen LogP contribution in [-0.2, 0) is 11.3 Å². The predicted octanol–water partition coefficient (Wildman–Crippen LogP) is 2.71. The smallest absolute Gasteiger partial charge is 0.256 e. The minimum atomic E-state index is -0.472. The summed E-state index contributed by atoms with van der Waals surface area (Å²) in [4.78, 5) is 26.8. The van der Waals surface area contributed by atoms with Gasteiger partial charge in [0, 0.05) is 17.9 Å². The molecule has 2 aliphatic rings. The number of carbonyl (C=O) groups excluding carboxylic acids is 2. The van der Waals surface area contributed by atoms with Crippen molar-refractivity contribution in [2.45, 2.75) is 18.0 Å². The Labute approximate surface area is 143 Å². The van der Waals surface area contributed by atoms with Crippen LogP contribution in [0.5, 0.6) is 0 Å². The molecule has 2 aromatic carbocycles. The van der Waals surface area contributed by atoms with Gasteiger partial charge in [-0.2, -0.15) is 0 Å². The second-order valence-corrected chi connectivity index (χ2v) is 6.96. The maximum absolute atomic E-state index is 12.9. The van der Waals surface area contributed by atoms with Crippen LogP contribution in [0.3, 0.4) is 0 Å². The van der Waals surface area contributed by atoms with E-state index in [1.165, 1.54) is 12.1 Å². The summed E-state index contributed by atoms with van der Waals surface area (Å²) >= 11 is 1.61. The first kappa shape index (κ1) is 15.2. The summed E-state index contributed by atoms with van der Waals surface area (Å²) in [5.41, 5.74) is 2.50. The van der Waals surface area contributed by atoms with Crippen LogP contribution in [0, 0.1) is 5.82 Å². The number of hydrogen-bond donors (Lipinski definition) is 1. The third-order valence-corrected chi connectivity index (χ3v) is 5.68. The summed E-state index contributed by atoms with van der Waals surface area (Å²) in [5.74, 6) is 0.0264. The van der Waals surface area contributed by atoms with Crippen LogP contribution in [-0.4, -0.2) is 28.5 Å². The standard InChI is InChI=1S/C18H15FN2O2S/c19-12-7-5-11(6-8-12)9-20-16(22)15-10-24-18-14-4-2-1-3-13(14)17(23)21(15)18/h1-8,15,18H,9-10H2,(H,20,22)/t15-,18+/m1/s1. The van der Waals surface area contributed by atoms with Crippen LogP contribution < -0.4 is 5.32 Å². The van der Waals surface area contributed by atoms with E-state index in [1.54, 1.807) is 28.8 Å². The van der Waals surface area contributed by atoms with Crippen molar-refractivity contribution < 1.29 is 14.0 Å². The van der Waals surface area contributed by atoms with Gasteiger partial charge in [0.15, 0.2) is 0 Å². The molecule has 2 atom stereocenters. The molecule has 0 saturated carbocycles. The van der Waals surface area contributed by atoms with Crippen LogP contribution in [0.15, 0.2) is 48.5 Å². The van der Waals surface area contributed by atoms with Crippen molar-refractivity contribution in [3.05, 3.63) is 71.0 Å². The van der Waals surface area contributed by atoms with Gasteiger partial charge >= 0.3 is 0 Å². The zero-order valence-electron chi connectivity index (χ0n) is 12.7. The Balaban J connectivity index is 1.47. The lowest BCUT2D eigenvalue weighted by Gasteiger charge is -2.22. The molecule has 1 saturated heterocycles. The van der Waals surface area contributed by atoms with Gasteiger partial charge in [0.25, 0.3) is 5.91 Å². The molecule has 0 unspecified atom stereocenters. The summed E-state index contributed by atoms with van der Waals surface area (Å²) in [6, 6.07) is 13.0. The molecule has 2 heterocycles. The van der Waals surface area contributed by atoms with Crippen molar-refractivity contribution in [1.82, 2.24) is 10.2 Å². The minimum absolute atomic E-state index is 0.0738. The molecule has 2 aliphatic heterocycles. The highest BCUT2D eigenvalue weighted by Crippen LogP contribution is 2.47. The largest absolute Gasteiger partial charge is 0.350 e. The normalized spacial score (nSPS) is 21.5. The number of fused-ring (bicyclic) bond motifs is 3. The van der Waals surface area contributed by atoms with Gasteiger partial charge in [-0.3, -0.25) is 9.59 Å². The molecule has 0 bridgehead atoms. The number of nitrogens with zero attached hydrogens (tertiary/aromatic N) is 1. The van der Waals surface area contributed by atoms with Crippen molar-refractivity contribution in [3.63, 3.8) is 0 Å². The fourth-order valence-electron chi connectivity index (χ4n) is 3.15. The molecule has 0 aromatic heterocycles. The highest BCUT2D eigenvalue weighted by atomic mass is 32.2. The molecule has 4 rings (SSSR count). The van der Waals surface area contributed by atoms with E-state index >= 15 is 0 Å². The Morgan fingerprint density at radius 1 is 1.21 bits per heavy atom. The highest BCUT2D eigenvalue weighted by molar-refractivity contribution is 7.99. The summed E-state index contributed by atoms with van der Waals surface area (Å²) < 4.78 is 12.9. The van der Waals surface area contributed by atoms with E-state index in [4.69, 9.17) is 0 Å². The lowest BCUT2D eigenvalue weighted by molar-refractivity contribution is -0.124. The fraction of sp³-hybridized carbons (Fsp3) is 0.222. The zero-order chi connectivity index (χ0) is 16.7. The molecular weight excluding hydrogens is 327 g/mol. The average Bonchev–Trinajstić information content (AvgIpc) is 3.15. The van der Waals surface area contributed by atoms with E-state index in [9.17, 15) is 14.0 Å². The molecule has 0 radical (unpaired) electrons. The Kier molecular flexibility index (Phi) is 3.76. The van der Waals surface area contributed by atoms with Crippen LogP contribution in [0.2, 0.25) is 0 Å². The van der Waals surface area contributed by atoms with E-state index in [0.717, 1.165) is 11.1 Å². The zero-order valence-corrected chi connectivity index (χ0v) is 13.6. The minimum Gasteiger partial charge on any atom is -0.350 e. The molecule has 4 nitrogen and oxygen atoms in total. The number of carbonyl (C=O) groups is 2. The van der Waals surface area contributed by atoms with Gasteiger partial charge in [0.05, 0.1) is 0 Å². The Morgan fingerprint density at radius 2 is 1.96 bits per heavy atom. The Hall–Kier alpha value is -2.34. The van der Waals surface area contributed by atoms with Crippen LogP contribution in [0.25, 0.3) is 0 Å². The molecule has 1 fully saturated rings. The van der Waals surface area contributed by atoms with E-state index in [0.29, 0.717) is 17.9 Å². The summed E-state index contributed by atoms with van der Waals surface area (Å²) in [6.07, 6.45) is 0. The van der Waals surface area contributed by atoms with E-state index in [-0.39, 0.29) is 23.0 Å². The monoisotopic (exact) mass is 342 g/mol. The number of benzene rings is 2. The molecule has 2 amide bonds. The first-order chi connectivity index (χ1) is 11.6. The van der Waals surface area contributed by atoms with Gasteiger partial charge in [0.1, 0.15) is 17.2 Å². The number of thioether (sulfide) groups is 1. The Bertz CT molecular complexity index is 809. The second-order valence-electron chi connectivity index (χ2n) is 5.85. The SMILES string of the molecule is O=C(NCc1ccc(F)cc1)[C@H]1CS[C@H]2c3ccccc3C(=O)N12. The fourth-order valence-corrected chi connectivity index (χ4v) is 4.62. The summed E-state index contributed by atoms with van der Waals surface area (Å²) in [7, 11) is 0. The lowest BCUT2D eigenvalue weighted by Crippen LogP contribution is -2.45. The maximum Gasteiger partial charge on any atom is 0.256 e. The van der Waals surface area contributed by atoms with Crippen molar-refractivity contribution in [2.75, 3.05) is 5.75 Å². The second kappa shape index (κ2) is 5.94. The molecule has 0 spiro atoms. The predicted molar refractivity (Wildman–Crippen MR) is 89.8 cm³/mol. The third-order valence-electron chi connectivity index (χ3n) is 4.37. The van der Waals surface area contributed by atoms with Crippen molar-refractivity contribution in [3.8, 4) is 0 Å². The molecule has 0 aliphatic carbocycles. The van der Waals surface area contributed by atoms with Gasteiger partial charge in [0.2, 0.25) is 5.91 Å². The highest BCUT2D eigenvalue weighted by Gasteiger charge is 2.48. The molecule has 2 aromatic rings. The topological polar surface area (TPSA) is 49.4 Å². The number of hydrogen-bond acceptors (Lipinski definition) is 3. The quantitative estimate of drug-likeness (QED) is 0.933. The van der Waals surface area contributed by atoms with Gasteiger partial charge in [-0.1, -0.05) is 30.3 Å². The van der Waals surface area contributed by atoms with Gasteiger partial charge in [-0.15, -0.1) is 11.8 Å². The van der Waals surface area contributed by atoms with Crippen molar-refractivity contribution in [2.24, 2.45) is 0 Å². The number of rotatable bonds is 3. The lowest BCUT2D eigenvalue weighted by atomic mass is 10.1. The first-order valence-electron chi connectivity index (χ1n) is 7.70. The number of amides is 2. The average molecular weight is 342 g/mol. The van der Waals surface area contributed by atoms with E-state index in [2.05, 4.69) is 5.32 Å². The van der Waals surface area contributed by atoms with Crippen molar-refractivity contribution >= 4 is 23.6 Å². The molecule has 1 N–H and O–H groups in total. The van der Waals surface area contributed by atoms with Crippen LogP contribution in [0.1, 0.15) is 26.9 Å². The number of nitrogens with one attached hydrogen (secondary N) is 1. The number of halogens is 1. The molecule has 122 valence electrons. The van der Waals surface area contributed by atoms with Gasteiger partial charge in [-0.05, 0) is 29.3 Å². The van der Waals surface area contributed by atoms with Gasteiger partial charge < -0.3 is 10.2 Å². The molecule has 6 heteroatoms. The maximum atomic E-state index is 12.9. The van der Waals surface area contributed by atoms with Crippen LogP contribution >= 0.6 is 11.8 Å². The Morgan fingerprint density at radius 3 is 2.75 bits per heavy atom. The molecule has 24 heavy (non-hydrogen) atoms. The first-order valence-corrected chi connectivity index (χ1v) is 8.75. The van der Waals surface area contributed by atoms with E-state index < -0.39 is 6.04 Å². The summed E-state index contributed by atoms with van der Waals surface area (Å²) in [5, 5.41) is 2.78. The van der Waals surface area contributed by atoms with E-state index in [1.807, 2.05) is 24.3 Å². The van der Waals surface area contributed by atoms with Crippen LogP contribution in [0.4, 0.5) is 4.39 Å². The third kappa shape index (κ3) is 2.47. The van der Waals surface area contributed by atoms with Gasteiger partial charge in [-0.25, -0.2) is 4.39 Å². The molecular formula is C18H15FN2O2S. The van der Waals surface area contributed by atoms with Crippen molar-refractivity contribution in [1.29, 1.82) is 0 Å². The summed E-state index contributed by atoms with van der Waals surface area (Å²) in [6.45, 7) is 0.319.